The van der Waals surface area contributed by atoms with Crippen LogP contribution in [0, 0.1) is 0 Å². The molecular formula is C14H17N3O3S2. The van der Waals surface area contributed by atoms with Crippen LogP contribution in [0.2, 0.25) is 0 Å². The molecule has 0 saturated carbocycles. The highest BCUT2D eigenvalue weighted by Crippen LogP contribution is 2.22. The van der Waals surface area contributed by atoms with Crippen molar-refractivity contribution in [3.63, 3.8) is 0 Å². The molecule has 8 heteroatoms. The summed E-state index contributed by atoms with van der Waals surface area (Å²) in [6, 6.07) is 6.40. The van der Waals surface area contributed by atoms with Crippen LogP contribution in [0.3, 0.4) is 0 Å². The summed E-state index contributed by atoms with van der Waals surface area (Å²) in [4.78, 5) is 16.7. The van der Waals surface area contributed by atoms with E-state index in [9.17, 15) is 13.2 Å². The predicted molar refractivity (Wildman–Crippen MR) is 86.3 cm³/mol. The van der Waals surface area contributed by atoms with E-state index in [2.05, 4.69) is 10.3 Å². The fourth-order valence-electron chi connectivity index (χ4n) is 1.85. The van der Waals surface area contributed by atoms with E-state index in [-0.39, 0.29) is 10.8 Å². The van der Waals surface area contributed by atoms with E-state index in [1.807, 2.05) is 6.92 Å². The largest absolute Gasteiger partial charge is 0.302 e. The first-order valence-electron chi connectivity index (χ1n) is 6.75. The highest BCUT2D eigenvalue weighted by Gasteiger charge is 2.09. The van der Waals surface area contributed by atoms with Gasteiger partial charge in [0.25, 0.3) is 0 Å². The van der Waals surface area contributed by atoms with Gasteiger partial charge in [0.1, 0.15) is 0 Å². The van der Waals surface area contributed by atoms with Crippen LogP contribution in [0.1, 0.15) is 30.2 Å². The number of rotatable bonds is 6. The molecule has 0 bridgehead atoms. The fourth-order valence-corrected chi connectivity index (χ4v) is 3.23. The van der Waals surface area contributed by atoms with Gasteiger partial charge in [-0.1, -0.05) is 19.1 Å². The van der Waals surface area contributed by atoms with Crippen molar-refractivity contribution in [3.8, 4) is 0 Å². The van der Waals surface area contributed by atoms with E-state index < -0.39 is 10.0 Å². The molecule has 0 aliphatic rings. The average Bonchev–Trinajstić information content (AvgIpc) is 2.85. The fraction of sp³-hybridized carbons (Fsp3) is 0.286. The van der Waals surface area contributed by atoms with E-state index in [1.54, 1.807) is 18.3 Å². The first kappa shape index (κ1) is 16.6. The SMILES string of the molecule is CCCC(=O)Nc1ncc(Cc2ccc(S(N)(=O)=O)cc2)s1. The van der Waals surface area contributed by atoms with Gasteiger partial charge in [0.2, 0.25) is 15.9 Å². The number of nitrogens with two attached hydrogens (primary N) is 1. The number of hydrogen-bond acceptors (Lipinski definition) is 5. The number of aromatic nitrogens is 1. The third-order valence-electron chi connectivity index (χ3n) is 2.91. The summed E-state index contributed by atoms with van der Waals surface area (Å²) in [6.07, 6.45) is 3.59. The Morgan fingerprint density at radius 2 is 2.00 bits per heavy atom. The Kier molecular flexibility index (Phi) is 5.28. The maximum absolute atomic E-state index is 11.5. The highest BCUT2D eigenvalue weighted by atomic mass is 32.2. The van der Waals surface area contributed by atoms with Crippen LogP contribution in [-0.4, -0.2) is 19.3 Å². The van der Waals surface area contributed by atoms with E-state index in [0.717, 1.165) is 16.9 Å². The molecule has 0 aliphatic heterocycles. The Balaban J connectivity index is 2.02. The number of sulfonamides is 1. The van der Waals surface area contributed by atoms with Crippen LogP contribution in [0.25, 0.3) is 0 Å². The van der Waals surface area contributed by atoms with Gasteiger partial charge >= 0.3 is 0 Å². The molecule has 1 amide bonds. The number of benzene rings is 1. The topological polar surface area (TPSA) is 102 Å². The minimum atomic E-state index is -3.66. The van der Waals surface area contributed by atoms with Gasteiger partial charge in [-0.3, -0.25) is 4.79 Å². The number of hydrogen-bond donors (Lipinski definition) is 2. The number of carbonyl (C=O) groups is 1. The molecule has 1 aromatic carbocycles. The Morgan fingerprint density at radius 1 is 1.32 bits per heavy atom. The van der Waals surface area contributed by atoms with Crippen LogP contribution in [0.5, 0.6) is 0 Å². The lowest BCUT2D eigenvalue weighted by atomic mass is 10.1. The normalized spacial score (nSPS) is 11.4. The van der Waals surface area contributed by atoms with Gasteiger partial charge in [0, 0.05) is 23.9 Å². The minimum Gasteiger partial charge on any atom is -0.302 e. The lowest BCUT2D eigenvalue weighted by Gasteiger charge is -2.01. The highest BCUT2D eigenvalue weighted by molar-refractivity contribution is 7.89. The van der Waals surface area contributed by atoms with Gasteiger partial charge in [-0.05, 0) is 24.1 Å². The monoisotopic (exact) mass is 339 g/mol. The number of carbonyl (C=O) groups excluding carboxylic acids is 1. The summed E-state index contributed by atoms with van der Waals surface area (Å²) >= 11 is 1.41. The standard InChI is InChI=1S/C14H17N3O3S2/c1-2-3-13(18)17-14-16-9-11(21-14)8-10-4-6-12(7-5-10)22(15,19)20/h4-7,9H,2-3,8H2,1H3,(H2,15,19,20)(H,16,17,18). The molecule has 0 aliphatic carbocycles. The van der Waals surface area contributed by atoms with Crippen LogP contribution < -0.4 is 10.5 Å². The maximum Gasteiger partial charge on any atom is 0.238 e. The molecule has 0 atom stereocenters. The summed E-state index contributed by atoms with van der Waals surface area (Å²) in [6.45, 7) is 1.94. The van der Waals surface area contributed by atoms with Crippen LogP contribution >= 0.6 is 11.3 Å². The molecule has 22 heavy (non-hydrogen) atoms. The smallest absolute Gasteiger partial charge is 0.238 e. The zero-order chi connectivity index (χ0) is 16.2. The molecule has 2 rings (SSSR count). The second-order valence-electron chi connectivity index (χ2n) is 4.80. The van der Waals surface area contributed by atoms with Gasteiger partial charge < -0.3 is 5.32 Å². The summed E-state index contributed by atoms with van der Waals surface area (Å²) in [7, 11) is -3.66. The number of primary sulfonamides is 1. The van der Waals surface area contributed by atoms with E-state index >= 15 is 0 Å². The van der Waals surface area contributed by atoms with Gasteiger partial charge in [-0.25, -0.2) is 18.5 Å². The third-order valence-corrected chi connectivity index (χ3v) is 4.75. The Bertz CT molecular complexity index is 752. The second-order valence-corrected chi connectivity index (χ2v) is 7.47. The summed E-state index contributed by atoms with van der Waals surface area (Å²) in [5.41, 5.74) is 0.947. The average molecular weight is 339 g/mol. The number of nitrogens with one attached hydrogen (secondary N) is 1. The summed E-state index contributed by atoms with van der Waals surface area (Å²) in [5, 5.41) is 8.39. The molecular weight excluding hydrogens is 322 g/mol. The van der Waals surface area contributed by atoms with Crippen LogP contribution in [-0.2, 0) is 21.2 Å². The summed E-state index contributed by atoms with van der Waals surface area (Å²) in [5.74, 6) is -0.0408. The van der Waals surface area contributed by atoms with E-state index in [0.29, 0.717) is 18.0 Å². The molecule has 0 unspecified atom stereocenters. The van der Waals surface area contributed by atoms with Crippen LogP contribution in [0.15, 0.2) is 35.4 Å². The third kappa shape index (κ3) is 4.62. The van der Waals surface area contributed by atoms with Crippen molar-refractivity contribution in [1.29, 1.82) is 0 Å². The molecule has 2 aromatic rings. The molecule has 0 spiro atoms. The first-order chi connectivity index (χ1) is 10.4. The quantitative estimate of drug-likeness (QED) is 0.841. The van der Waals surface area contributed by atoms with Gasteiger partial charge in [-0.2, -0.15) is 0 Å². The van der Waals surface area contributed by atoms with Crippen molar-refractivity contribution in [2.75, 3.05) is 5.32 Å². The molecule has 118 valence electrons. The van der Waals surface area contributed by atoms with Crippen molar-refractivity contribution in [3.05, 3.63) is 40.9 Å². The molecule has 1 heterocycles. The van der Waals surface area contributed by atoms with Crippen molar-refractivity contribution in [1.82, 2.24) is 4.98 Å². The van der Waals surface area contributed by atoms with Gasteiger partial charge in [-0.15, -0.1) is 11.3 Å². The van der Waals surface area contributed by atoms with Crippen molar-refractivity contribution in [2.24, 2.45) is 5.14 Å². The zero-order valence-corrected chi connectivity index (χ0v) is 13.7. The lowest BCUT2D eigenvalue weighted by Crippen LogP contribution is -2.11. The van der Waals surface area contributed by atoms with Crippen LogP contribution in [0.4, 0.5) is 5.13 Å². The molecule has 0 saturated heterocycles. The minimum absolute atomic E-state index is 0.0408. The molecule has 0 fully saturated rings. The Hall–Kier alpha value is -1.77. The molecule has 1 aromatic heterocycles. The zero-order valence-electron chi connectivity index (χ0n) is 12.1. The molecule has 0 radical (unpaired) electrons. The van der Waals surface area contributed by atoms with Crippen molar-refractivity contribution >= 4 is 32.4 Å². The maximum atomic E-state index is 11.5. The van der Waals surface area contributed by atoms with Crippen molar-refractivity contribution in [2.45, 2.75) is 31.1 Å². The van der Waals surface area contributed by atoms with E-state index in [1.165, 1.54) is 23.5 Å². The number of anilines is 1. The number of thiazole rings is 1. The molecule has 6 nitrogen and oxygen atoms in total. The second kappa shape index (κ2) is 6.99. The first-order valence-corrected chi connectivity index (χ1v) is 9.11. The summed E-state index contributed by atoms with van der Waals surface area (Å²) < 4.78 is 22.4. The Morgan fingerprint density at radius 3 is 2.59 bits per heavy atom. The van der Waals surface area contributed by atoms with Gasteiger partial charge in [0.05, 0.1) is 4.90 Å². The van der Waals surface area contributed by atoms with E-state index in [4.69, 9.17) is 5.14 Å². The molecule has 3 N–H and O–H groups in total. The van der Waals surface area contributed by atoms with Gasteiger partial charge in [0.15, 0.2) is 5.13 Å². The number of nitrogens with zero attached hydrogens (tertiary/aromatic N) is 1. The lowest BCUT2D eigenvalue weighted by molar-refractivity contribution is -0.116. The predicted octanol–water partition coefficient (Wildman–Crippen LogP) is 2.12. The number of amides is 1. The Labute approximate surface area is 133 Å². The van der Waals surface area contributed by atoms with Crippen molar-refractivity contribution < 1.29 is 13.2 Å².